The van der Waals surface area contributed by atoms with Crippen molar-refractivity contribution in [2.45, 2.75) is 39.2 Å². The van der Waals surface area contributed by atoms with Crippen molar-refractivity contribution in [2.75, 3.05) is 12.3 Å². The molecule has 2 heterocycles. The predicted octanol–water partition coefficient (Wildman–Crippen LogP) is 1.66. The van der Waals surface area contributed by atoms with Gasteiger partial charge in [-0.1, -0.05) is 6.42 Å². The van der Waals surface area contributed by atoms with Crippen LogP contribution in [0.15, 0.2) is 12.3 Å². The fourth-order valence-corrected chi connectivity index (χ4v) is 3.62. The van der Waals surface area contributed by atoms with E-state index in [1.54, 1.807) is 17.4 Å². The van der Waals surface area contributed by atoms with Gasteiger partial charge < -0.3 is 0 Å². The minimum atomic E-state index is -3.18. The second-order valence-corrected chi connectivity index (χ2v) is 6.79. The molecule has 1 aliphatic rings. The normalized spacial score (nSPS) is 22.0. The molecule has 1 aliphatic heterocycles. The first-order chi connectivity index (χ1) is 8.54. The van der Waals surface area contributed by atoms with Gasteiger partial charge in [0.15, 0.2) is 0 Å². The summed E-state index contributed by atoms with van der Waals surface area (Å²) in [5.74, 6) is 0.765. The maximum atomic E-state index is 12.1. The lowest BCUT2D eigenvalue weighted by Gasteiger charge is -2.33. The molecule has 0 amide bonds. The molecule has 1 aromatic rings. The lowest BCUT2D eigenvalue weighted by Crippen LogP contribution is -2.40. The van der Waals surface area contributed by atoms with Crippen LogP contribution >= 0.6 is 0 Å². The molecule has 18 heavy (non-hydrogen) atoms. The topological polar surface area (TPSA) is 63.2 Å². The number of piperidine rings is 1. The Labute approximate surface area is 108 Å². The minimum Gasteiger partial charge on any atom is -0.240 e. The molecule has 1 unspecified atom stereocenters. The van der Waals surface area contributed by atoms with E-state index in [2.05, 4.69) is 9.97 Å². The molecular weight excluding hydrogens is 250 g/mol. The molecule has 0 radical (unpaired) electrons. The molecule has 2 rings (SSSR count). The van der Waals surface area contributed by atoms with E-state index in [0.717, 1.165) is 25.0 Å². The van der Waals surface area contributed by atoms with Crippen molar-refractivity contribution >= 4 is 10.0 Å². The van der Waals surface area contributed by atoms with Crippen molar-refractivity contribution in [3.05, 3.63) is 23.8 Å². The van der Waals surface area contributed by atoms with E-state index in [1.807, 2.05) is 13.0 Å². The van der Waals surface area contributed by atoms with Crippen LogP contribution < -0.4 is 0 Å². The first kappa shape index (κ1) is 13.4. The standard InChI is InChI=1S/C12H19N3O2S/c1-3-18(16,17)15-9-5-4-6-11(15)12-13-8-7-10(2)14-12/h7-8,11H,3-6,9H2,1-2H3. The Balaban J connectivity index is 2.34. The number of aryl methyl sites for hydroxylation is 1. The minimum absolute atomic E-state index is 0.134. The van der Waals surface area contributed by atoms with E-state index < -0.39 is 10.0 Å². The number of hydrogen-bond donors (Lipinski definition) is 0. The fourth-order valence-electron chi connectivity index (χ4n) is 2.29. The summed E-state index contributed by atoms with van der Waals surface area (Å²) in [7, 11) is -3.18. The summed E-state index contributed by atoms with van der Waals surface area (Å²) in [5.41, 5.74) is 0.874. The van der Waals surface area contributed by atoms with Gasteiger partial charge >= 0.3 is 0 Å². The van der Waals surface area contributed by atoms with E-state index in [4.69, 9.17) is 0 Å². The Morgan fingerprint density at radius 2 is 2.22 bits per heavy atom. The Morgan fingerprint density at radius 3 is 2.89 bits per heavy atom. The zero-order valence-corrected chi connectivity index (χ0v) is 11.7. The van der Waals surface area contributed by atoms with Crippen LogP contribution in [0.4, 0.5) is 0 Å². The molecule has 1 fully saturated rings. The SMILES string of the molecule is CCS(=O)(=O)N1CCCCC1c1nccc(C)n1. The van der Waals surface area contributed by atoms with Gasteiger partial charge in [-0.25, -0.2) is 18.4 Å². The van der Waals surface area contributed by atoms with Gasteiger partial charge in [-0.15, -0.1) is 0 Å². The Kier molecular flexibility index (Phi) is 3.97. The molecule has 0 bridgehead atoms. The quantitative estimate of drug-likeness (QED) is 0.837. The van der Waals surface area contributed by atoms with E-state index in [0.29, 0.717) is 12.4 Å². The molecule has 0 aliphatic carbocycles. The highest BCUT2D eigenvalue weighted by atomic mass is 32.2. The van der Waals surface area contributed by atoms with Crippen LogP contribution in [0.1, 0.15) is 43.7 Å². The number of nitrogens with zero attached hydrogens (tertiary/aromatic N) is 3. The average Bonchev–Trinajstić information content (AvgIpc) is 2.39. The maximum absolute atomic E-state index is 12.1. The lowest BCUT2D eigenvalue weighted by molar-refractivity contribution is 0.246. The Bertz CT molecular complexity index is 516. The number of sulfonamides is 1. The van der Waals surface area contributed by atoms with Crippen molar-refractivity contribution in [3.63, 3.8) is 0 Å². The van der Waals surface area contributed by atoms with Crippen LogP contribution in [0.3, 0.4) is 0 Å². The van der Waals surface area contributed by atoms with Crippen molar-refractivity contribution in [2.24, 2.45) is 0 Å². The molecule has 5 nitrogen and oxygen atoms in total. The monoisotopic (exact) mass is 269 g/mol. The first-order valence-corrected chi connectivity index (χ1v) is 7.94. The number of hydrogen-bond acceptors (Lipinski definition) is 4. The molecule has 1 saturated heterocycles. The fraction of sp³-hybridized carbons (Fsp3) is 0.667. The van der Waals surface area contributed by atoms with Gasteiger partial charge in [0, 0.05) is 18.4 Å². The zero-order chi connectivity index (χ0) is 13.2. The van der Waals surface area contributed by atoms with Gasteiger partial charge in [0.1, 0.15) is 5.82 Å². The summed E-state index contributed by atoms with van der Waals surface area (Å²) in [5, 5.41) is 0. The van der Waals surface area contributed by atoms with E-state index in [9.17, 15) is 8.42 Å². The van der Waals surface area contributed by atoms with Gasteiger partial charge in [0.25, 0.3) is 0 Å². The van der Waals surface area contributed by atoms with Crippen LogP contribution in [0.5, 0.6) is 0 Å². The van der Waals surface area contributed by atoms with E-state index in [1.165, 1.54) is 0 Å². The predicted molar refractivity (Wildman–Crippen MR) is 69.5 cm³/mol. The molecule has 0 spiro atoms. The summed E-state index contributed by atoms with van der Waals surface area (Å²) in [6.07, 6.45) is 4.45. The third kappa shape index (κ3) is 2.70. The highest BCUT2D eigenvalue weighted by Crippen LogP contribution is 2.31. The molecule has 6 heteroatoms. The van der Waals surface area contributed by atoms with Crippen LogP contribution in [-0.4, -0.2) is 35.0 Å². The molecule has 100 valence electrons. The summed E-state index contributed by atoms with van der Waals surface area (Å²) in [6, 6.07) is 1.63. The van der Waals surface area contributed by atoms with Gasteiger partial charge in [-0.3, -0.25) is 0 Å². The summed E-state index contributed by atoms with van der Waals surface area (Å²) in [6.45, 7) is 4.16. The van der Waals surface area contributed by atoms with Gasteiger partial charge in [-0.2, -0.15) is 4.31 Å². The summed E-state index contributed by atoms with van der Waals surface area (Å²) in [4.78, 5) is 8.62. The third-order valence-electron chi connectivity index (χ3n) is 3.29. The zero-order valence-electron chi connectivity index (χ0n) is 10.8. The molecule has 0 N–H and O–H groups in total. The van der Waals surface area contributed by atoms with Crippen LogP contribution in [-0.2, 0) is 10.0 Å². The first-order valence-electron chi connectivity index (χ1n) is 6.33. The van der Waals surface area contributed by atoms with Crippen LogP contribution in [0.2, 0.25) is 0 Å². The second-order valence-electron chi connectivity index (χ2n) is 4.58. The van der Waals surface area contributed by atoms with Crippen molar-refractivity contribution < 1.29 is 8.42 Å². The number of rotatable bonds is 3. The molecule has 1 atom stereocenters. The van der Waals surface area contributed by atoms with Crippen molar-refractivity contribution in [3.8, 4) is 0 Å². The largest absolute Gasteiger partial charge is 0.240 e. The maximum Gasteiger partial charge on any atom is 0.214 e. The van der Waals surface area contributed by atoms with Crippen LogP contribution in [0, 0.1) is 6.92 Å². The molecule has 0 aromatic carbocycles. The van der Waals surface area contributed by atoms with Gasteiger partial charge in [0.05, 0.1) is 11.8 Å². The summed E-state index contributed by atoms with van der Waals surface area (Å²) >= 11 is 0. The second kappa shape index (κ2) is 5.32. The molecule has 1 aromatic heterocycles. The number of aromatic nitrogens is 2. The smallest absolute Gasteiger partial charge is 0.214 e. The Morgan fingerprint density at radius 1 is 1.44 bits per heavy atom. The highest BCUT2D eigenvalue weighted by Gasteiger charge is 2.33. The van der Waals surface area contributed by atoms with Gasteiger partial charge in [-0.05, 0) is 32.8 Å². The molecule has 0 saturated carbocycles. The van der Waals surface area contributed by atoms with Crippen molar-refractivity contribution in [1.29, 1.82) is 0 Å². The Hall–Kier alpha value is -1.01. The van der Waals surface area contributed by atoms with E-state index >= 15 is 0 Å². The molecular formula is C12H19N3O2S. The van der Waals surface area contributed by atoms with Crippen molar-refractivity contribution in [1.82, 2.24) is 14.3 Å². The van der Waals surface area contributed by atoms with Crippen LogP contribution in [0.25, 0.3) is 0 Å². The summed E-state index contributed by atoms with van der Waals surface area (Å²) < 4.78 is 25.8. The van der Waals surface area contributed by atoms with E-state index in [-0.39, 0.29) is 11.8 Å². The third-order valence-corrected chi connectivity index (χ3v) is 5.17. The average molecular weight is 269 g/mol. The lowest BCUT2D eigenvalue weighted by atomic mass is 10.0. The highest BCUT2D eigenvalue weighted by molar-refractivity contribution is 7.89. The van der Waals surface area contributed by atoms with Gasteiger partial charge in [0.2, 0.25) is 10.0 Å².